The summed E-state index contributed by atoms with van der Waals surface area (Å²) in [5, 5.41) is 2.93. The molecule has 0 aliphatic carbocycles. The number of amides is 1. The molecule has 1 aromatic heterocycles. The van der Waals surface area contributed by atoms with Crippen LogP contribution in [0.5, 0.6) is 11.5 Å². The number of benzene rings is 2. The van der Waals surface area contributed by atoms with Crippen LogP contribution in [0, 0.1) is 0 Å². The summed E-state index contributed by atoms with van der Waals surface area (Å²) in [6.45, 7) is 3.42. The van der Waals surface area contributed by atoms with E-state index >= 15 is 0 Å². The Morgan fingerprint density at radius 2 is 1.75 bits per heavy atom. The normalized spacial score (nSPS) is 10.5. The Morgan fingerprint density at radius 3 is 2.43 bits per heavy atom. The number of methoxy groups -OCH3 is 1. The molecule has 146 valence electrons. The maximum atomic E-state index is 12.8. The van der Waals surface area contributed by atoms with Crippen molar-refractivity contribution in [3.63, 3.8) is 0 Å². The summed E-state index contributed by atoms with van der Waals surface area (Å²) in [5.41, 5.74) is 1.76. The first-order valence-corrected chi connectivity index (χ1v) is 9.88. The van der Waals surface area contributed by atoms with Gasteiger partial charge in [0, 0.05) is 17.7 Å². The highest BCUT2D eigenvalue weighted by Gasteiger charge is 2.18. The predicted octanol–water partition coefficient (Wildman–Crippen LogP) is 5.09. The summed E-state index contributed by atoms with van der Waals surface area (Å²) in [6, 6.07) is 19.1. The summed E-state index contributed by atoms with van der Waals surface area (Å²) < 4.78 is 16.2. The molecule has 0 atom stereocenters. The third kappa shape index (κ3) is 5.12. The first-order chi connectivity index (χ1) is 13.7. The lowest BCUT2D eigenvalue weighted by atomic mass is 10.2. The number of hydrogen-bond acceptors (Lipinski definition) is 5. The van der Waals surface area contributed by atoms with Gasteiger partial charge in [0.05, 0.1) is 13.2 Å². The van der Waals surface area contributed by atoms with Crippen molar-refractivity contribution in [2.75, 3.05) is 32.2 Å². The van der Waals surface area contributed by atoms with Crippen LogP contribution in [0.4, 0.5) is 5.69 Å². The van der Waals surface area contributed by atoms with Crippen LogP contribution < -0.4 is 14.8 Å². The van der Waals surface area contributed by atoms with E-state index in [4.69, 9.17) is 14.2 Å². The number of carbonyl (C=O) groups is 1. The Bertz CT molecular complexity index is 891. The van der Waals surface area contributed by atoms with Crippen molar-refractivity contribution in [2.45, 2.75) is 6.92 Å². The van der Waals surface area contributed by atoms with Gasteiger partial charge in [0.25, 0.3) is 5.91 Å². The van der Waals surface area contributed by atoms with Crippen molar-refractivity contribution < 1.29 is 19.0 Å². The van der Waals surface area contributed by atoms with Crippen molar-refractivity contribution >= 4 is 22.9 Å². The number of carbonyl (C=O) groups excluding carboxylic acids is 1. The molecule has 0 aliphatic heterocycles. The van der Waals surface area contributed by atoms with E-state index < -0.39 is 0 Å². The second-order valence-corrected chi connectivity index (χ2v) is 6.98. The summed E-state index contributed by atoms with van der Waals surface area (Å²) in [4.78, 5) is 14.4. The van der Waals surface area contributed by atoms with Gasteiger partial charge in [0.1, 0.15) is 23.0 Å². The first kappa shape index (κ1) is 19.9. The van der Waals surface area contributed by atoms with Crippen LogP contribution in [0.3, 0.4) is 0 Å². The molecule has 0 aliphatic rings. The number of hydrogen-bond donors (Lipinski definition) is 1. The number of anilines is 1. The molecule has 0 radical (unpaired) electrons. The van der Waals surface area contributed by atoms with Crippen molar-refractivity contribution in [2.24, 2.45) is 0 Å². The maximum Gasteiger partial charge on any atom is 0.269 e. The summed E-state index contributed by atoms with van der Waals surface area (Å²) in [5.74, 6) is 1.14. The van der Waals surface area contributed by atoms with Crippen LogP contribution in [-0.2, 0) is 4.74 Å². The van der Waals surface area contributed by atoms with Gasteiger partial charge < -0.3 is 19.5 Å². The van der Waals surface area contributed by atoms with E-state index in [1.54, 1.807) is 7.11 Å². The lowest BCUT2D eigenvalue weighted by molar-refractivity contribution is 0.102. The Balaban J connectivity index is 1.73. The topological polar surface area (TPSA) is 56.8 Å². The molecule has 28 heavy (non-hydrogen) atoms. The van der Waals surface area contributed by atoms with E-state index in [0.717, 1.165) is 16.2 Å². The fourth-order valence-corrected chi connectivity index (χ4v) is 3.61. The molecule has 1 N–H and O–H groups in total. The predicted molar refractivity (Wildman–Crippen MR) is 113 cm³/mol. The van der Waals surface area contributed by atoms with Crippen LogP contribution in [0.1, 0.15) is 16.6 Å². The first-order valence-electron chi connectivity index (χ1n) is 9.06. The third-order valence-electron chi connectivity index (χ3n) is 3.93. The van der Waals surface area contributed by atoms with Gasteiger partial charge in [-0.25, -0.2) is 0 Å². The molecule has 5 nitrogen and oxygen atoms in total. The van der Waals surface area contributed by atoms with Crippen LogP contribution in [-0.4, -0.2) is 32.8 Å². The molecule has 0 unspecified atom stereocenters. The summed E-state index contributed by atoms with van der Waals surface area (Å²) >= 11 is 1.42. The van der Waals surface area contributed by atoms with Crippen LogP contribution >= 0.6 is 11.3 Å². The van der Waals surface area contributed by atoms with Gasteiger partial charge in [-0.05, 0) is 42.8 Å². The lowest BCUT2D eigenvalue weighted by Gasteiger charge is -2.08. The number of thiophene rings is 1. The monoisotopic (exact) mass is 397 g/mol. The Hall–Kier alpha value is -2.83. The number of ether oxygens (including phenoxy) is 3. The van der Waals surface area contributed by atoms with Gasteiger partial charge in [0.15, 0.2) is 0 Å². The lowest BCUT2D eigenvalue weighted by Crippen LogP contribution is -2.11. The fourth-order valence-electron chi connectivity index (χ4n) is 2.61. The van der Waals surface area contributed by atoms with E-state index in [0.29, 0.717) is 36.1 Å². The second-order valence-electron chi connectivity index (χ2n) is 5.92. The Labute approximate surface area is 168 Å². The minimum Gasteiger partial charge on any atom is -0.492 e. The zero-order valence-electron chi connectivity index (χ0n) is 15.9. The third-order valence-corrected chi connectivity index (χ3v) is 5.09. The van der Waals surface area contributed by atoms with E-state index in [1.807, 2.05) is 67.6 Å². The van der Waals surface area contributed by atoms with Gasteiger partial charge in [0.2, 0.25) is 0 Å². The minimum atomic E-state index is -0.191. The quantitative estimate of drug-likeness (QED) is 0.511. The van der Waals surface area contributed by atoms with E-state index in [9.17, 15) is 4.79 Å². The molecule has 6 heteroatoms. The zero-order chi connectivity index (χ0) is 19.8. The fraction of sp³-hybridized carbons (Fsp3) is 0.227. The van der Waals surface area contributed by atoms with Gasteiger partial charge in [-0.1, -0.05) is 30.3 Å². The molecule has 2 aromatic carbocycles. The molecule has 3 rings (SSSR count). The highest BCUT2D eigenvalue weighted by atomic mass is 32.1. The van der Waals surface area contributed by atoms with E-state index in [2.05, 4.69) is 5.32 Å². The molecule has 1 heterocycles. The minimum absolute atomic E-state index is 0.191. The average molecular weight is 397 g/mol. The van der Waals surface area contributed by atoms with Crippen molar-refractivity contribution in [1.82, 2.24) is 0 Å². The zero-order valence-corrected chi connectivity index (χ0v) is 16.8. The molecule has 0 spiro atoms. The van der Waals surface area contributed by atoms with E-state index in [1.165, 1.54) is 11.3 Å². The molecule has 0 saturated heterocycles. The van der Waals surface area contributed by atoms with Gasteiger partial charge in [-0.15, -0.1) is 11.3 Å². The molecular weight excluding hydrogens is 374 g/mol. The van der Waals surface area contributed by atoms with Crippen molar-refractivity contribution in [1.29, 1.82) is 0 Å². The molecule has 0 fully saturated rings. The molecule has 1 amide bonds. The smallest absolute Gasteiger partial charge is 0.269 e. The molecule has 3 aromatic rings. The van der Waals surface area contributed by atoms with Crippen LogP contribution in [0.15, 0.2) is 60.7 Å². The molecule has 0 bridgehead atoms. The van der Waals surface area contributed by atoms with Crippen molar-refractivity contribution in [3.8, 4) is 21.9 Å². The molecular formula is C22H23NO4S. The van der Waals surface area contributed by atoms with Gasteiger partial charge in [-0.2, -0.15) is 0 Å². The maximum absolute atomic E-state index is 12.8. The Kier molecular flexibility index (Phi) is 7.06. The standard InChI is InChI=1S/C22H23NO4S/c1-3-26-19-15-20(16-7-5-4-6-8-16)28-21(19)22(24)23-17-9-11-18(12-10-17)27-14-13-25-2/h4-12,15H,3,13-14H2,1-2H3,(H,23,24). The van der Waals surface area contributed by atoms with Gasteiger partial charge >= 0.3 is 0 Å². The Morgan fingerprint density at radius 1 is 1.00 bits per heavy atom. The molecule has 0 saturated carbocycles. The number of nitrogens with one attached hydrogen (secondary N) is 1. The van der Waals surface area contributed by atoms with Crippen LogP contribution in [0.25, 0.3) is 10.4 Å². The highest BCUT2D eigenvalue weighted by Crippen LogP contribution is 2.36. The highest BCUT2D eigenvalue weighted by molar-refractivity contribution is 7.17. The van der Waals surface area contributed by atoms with E-state index in [-0.39, 0.29) is 5.91 Å². The van der Waals surface area contributed by atoms with Crippen molar-refractivity contribution in [3.05, 3.63) is 65.5 Å². The summed E-state index contributed by atoms with van der Waals surface area (Å²) in [7, 11) is 1.63. The summed E-state index contributed by atoms with van der Waals surface area (Å²) in [6.07, 6.45) is 0. The number of rotatable bonds is 9. The van der Waals surface area contributed by atoms with Crippen LogP contribution in [0.2, 0.25) is 0 Å². The second kappa shape index (κ2) is 9.92. The van der Waals surface area contributed by atoms with Gasteiger partial charge in [-0.3, -0.25) is 4.79 Å². The average Bonchev–Trinajstić information content (AvgIpc) is 3.15. The largest absolute Gasteiger partial charge is 0.492 e. The SMILES string of the molecule is CCOc1cc(-c2ccccc2)sc1C(=O)Nc1ccc(OCCOC)cc1.